The van der Waals surface area contributed by atoms with Crippen molar-refractivity contribution >= 4 is 28.4 Å². The molecule has 2 heterocycles. The number of hydrogen-bond donors (Lipinski definition) is 2. The predicted octanol–water partition coefficient (Wildman–Crippen LogP) is 2.62. The maximum absolute atomic E-state index is 13.2. The summed E-state index contributed by atoms with van der Waals surface area (Å²) in [4.78, 5) is 32.6. The van der Waals surface area contributed by atoms with Crippen LogP contribution < -0.4 is 15.4 Å². The molecule has 2 aromatic rings. The summed E-state index contributed by atoms with van der Waals surface area (Å²) in [6.45, 7) is 4.97. The number of ether oxygens (including phenoxy) is 3. The molecule has 0 saturated carbocycles. The van der Waals surface area contributed by atoms with Crippen LogP contribution in [0.1, 0.15) is 19.4 Å². The smallest absolute Gasteiger partial charge is 0.337 e. The first-order valence-corrected chi connectivity index (χ1v) is 11.8. The molecule has 1 aromatic heterocycles. The molecule has 1 aliphatic heterocycles. The lowest BCUT2D eigenvalue weighted by Gasteiger charge is -2.46. The highest BCUT2D eigenvalue weighted by Crippen LogP contribution is 2.42. The molecule has 10 heteroatoms. The molecule has 1 aliphatic rings. The number of likely N-dealkylation sites (N-methyl/N-ethyl adjacent to an activating group) is 1. The number of aromatic nitrogens is 1. The second kappa shape index (κ2) is 10.9. The molecule has 1 aromatic carbocycles. The molecule has 9 nitrogen and oxygen atoms in total. The number of nitrogens with zero attached hydrogens (tertiary/aromatic N) is 2. The Hall–Kier alpha value is -3.11. The summed E-state index contributed by atoms with van der Waals surface area (Å²) < 4.78 is 16.0. The summed E-state index contributed by atoms with van der Waals surface area (Å²) in [5, 5.41) is 9.00. The van der Waals surface area contributed by atoms with Gasteiger partial charge in [-0.3, -0.25) is 4.79 Å². The first-order valence-electron chi connectivity index (χ1n) is 10.9. The monoisotopic (exact) mass is 488 g/mol. The zero-order valence-electron chi connectivity index (χ0n) is 20.4. The van der Waals surface area contributed by atoms with Crippen LogP contribution in [0.2, 0.25) is 0 Å². The third-order valence-corrected chi connectivity index (χ3v) is 6.65. The molecule has 0 fully saturated rings. The Morgan fingerprint density at radius 2 is 1.91 bits per heavy atom. The minimum atomic E-state index is -0.865. The molecule has 0 spiro atoms. The van der Waals surface area contributed by atoms with E-state index in [1.54, 1.807) is 12.3 Å². The van der Waals surface area contributed by atoms with Gasteiger partial charge in [-0.2, -0.15) is 4.98 Å². The number of benzene rings is 1. The number of allylic oxidation sites excluding steroid dienone is 1. The van der Waals surface area contributed by atoms with Gasteiger partial charge in [0, 0.05) is 12.2 Å². The topological polar surface area (TPSA) is 102 Å². The number of thiazole rings is 1. The molecule has 0 aliphatic carbocycles. The number of rotatable bonds is 9. The van der Waals surface area contributed by atoms with Gasteiger partial charge in [0.15, 0.2) is 5.13 Å². The van der Waals surface area contributed by atoms with Gasteiger partial charge in [0.25, 0.3) is 0 Å². The van der Waals surface area contributed by atoms with E-state index in [4.69, 9.17) is 14.2 Å². The summed E-state index contributed by atoms with van der Waals surface area (Å²) in [7, 11) is 6.59. The van der Waals surface area contributed by atoms with Crippen molar-refractivity contribution in [2.24, 2.45) is 5.92 Å². The standard InChI is InChI=1S/C24H32N4O5S/c1-15-18(21(29)31-5)20(26-23-25-17(14-34-23)33-13-12-28(3)4)19(22(30)32-6)24(2,27-15)16-10-8-7-9-11-16/h7-11,14,19-20,27H,12-13H2,1-6H3,(H,25,26). The number of esters is 2. The molecule has 0 amide bonds. The second-order valence-electron chi connectivity index (χ2n) is 8.49. The Morgan fingerprint density at radius 3 is 2.53 bits per heavy atom. The normalized spacial score (nSPS) is 22.2. The van der Waals surface area contributed by atoms with E-state index in [-0.39, 0.29) is 0 Å². The summed E-state index contributed by atoms with van der Waals surface area (Å²) in [6.07, 6.45) is 0. The lowest BCUT2D eigenvalue weighted by atomic mass is 9.70. The molecule has 0 radical (unpaired) electrons. The van der Waals surface area contributed by atoms with Crippen molar-refractivity contribution in [1.82, 2.24) is 15.2 Å². The quantitative estimate of drug-likeness (QED) is 0.516. The molecular formula is C24H32N4O5S. The van der Waals surface area contributed by atoms with Crippen molar-refractivity contribution in [3.8, 4) is 5.88 Å². The minimum Gasteiger partial charge on any atom is -0.476 e. The summed E-state index contributed by atoms with van der Waals surface area (Å²) in [6, 6.07) is 8.85. The van der Waals surface area contributed by atoms with Gasteiger partial charge in [-0.25, -0.2) is 4.79 Å². The summed E-state index contributed by atoms with van der Waals surface area (Å²) in [5.41, 5.74) is 0.939. The van der Waals surface area contributed by atoms with Gasteiger partial charge in [0.2, 0.25) is 5.88 Å². The lowest BCUT2D eigenvalue weighted by molar-refractivity contribution is -0.149. The highest BCUT2D eigenvalue weighted by Gasteiger charge is 2.52. The Kier molecular flexibility index (Phi) is 8.16. The predicted molar refractivity (Wildman–Crippen MR) is 131 cm³/mol. The zero-order valence-corrected chi connectivity index (χ0v) is 21.2. The van der Waals surface area contributed by atoms with Crippen LogP contribution >= 0.6 is 11.3 Å². The van der Waals surface area contributed by atoms with Crippen molar-refractivity contribution in [3.63, 3.8) is 0 Å². The van der Waals surface area contributed by atoms with Gasteiger partial charge in [0.1, 0.15) is 12.5 Å². The molecule has 184 valence electrons. The summed E-state index contributed by atoms with van der Waals surface area (Å²) in [5.74, 6) is -1.33. The van der Waals surface area contributed by atoms with Crippen LogP contribution in [0, 0.1) is 5.92 Å². The van der Waals surface area contributed by atoms with E-state index in [9.17, 15) is 9.59 Å². The van der Waals surface area contributed by atoms with Crippen LogP contribution in [0.5, 0.6) is 5.88 Å². The molecule has 0 bridgehead atoms. The van der Waals surface area contributed by atoms with Crippen LogP contribution in [0.15, 0.2) is 47.0 Å². The molecular weight excluding hydrogens is 456 g/mol. The number of hydrogen-bond acceptors (Lipinski definition) is 10. The largest absolute Gasteiger partial charge is 0.476 e. The fourth-order valence-electron chi connectivity index (χ4n) is 4.21. The van der Waals surface area contributed by atoms with Crippen molar-refractivity contribution in [1.29, 1.82) is 0 Å². The van der Waals surface area contributed by atoms with Crippen LogP contribution in [0.25, 0.3) is 0 Å². The van der Waals surface area contributed by atoms with E-state index in [2.05, 4.69) is 15.6 Å². The van der Waals surface area contributed by atoms with Gasteiger partial charge < -0.3 is 29.7 Å². The fourth-order valence-corrected chi connectivity index (χ4v) is 4.88. The highest BCUT2D eigenvalue weighted by atomic mass is 32.1. The number of carbonyl (C=O) groups excluding carboxylic acids is 2. The molecule has 3 rings (SSSR count). The van der Waals surface area contributed by atoms with Crippen molar-refractivity contribution < 1.29 is 23.8 Å². The Labute approximate surface area is 204 Å². The SMILES string of the molecule is COC(=O)C1=C(C)NC(C)(c2ccccc2)C(C(=O)OC)C1Nc1nc(OCCN(C)C)cs1. The molecule has 3 atom stereocenters. The van der Waals surface area contributed by atoms with Gasteiger partial charge in [-0.05, 0) is 33.5 Å². The van der Waals surface area contributed by atoms with Crippen LogP contribution in [0.4, 0.5) is 5.13 Å². The maximum atomic E-state index is 13.2. The van der Waals surface area contributed by atoms with E-state index in [1.807, 2.05) is 56.3 Å². The maximum Gasteiger partial charge on any atom is 0.337 e. The Bertz CT molecular complexity index is 1040. The molecule has 0 saturated heterocycles. The van der Waals surface area contributed by atoms with Gasteiger partial charge in [-0.15, -0.1) is 11.3 Å². The van der Waals surface area contributed by atoms with Crippen molar-refractivity contribution in [3.05, 3.63) is 52.5 Å². The van der Waals surface area contributed by atoms with Crippen molar-refractivity contribution in [2.75, 3.05) is 46.8 Å². The molecule has 34 heavy (non-hydrogen) atoms. The van der Waals surface area contributed by atoms with Gasteiger partial charge >= 0.3 is 11.9 Å². The van der Waals surface area contributed by atoms with E-state index in [1.165, 1.54) is 25.6 Å². The van der Waals surface area contributed by atoms with Crippen LogP contribution in [-0.2, 0) is 24.6 Å². The number of anilines is 1. The first-order chi connectivity index (χ1) is 16.2. The molecule has 2 N–H and O–H groups in total. The number of nitrogens with one attached hydrogen (secondary N) is 2. The second-order valence-corrected chi connectivity index (χ2v) is 9.35. The third kappa shape index (κ3) is 5.34. The van der Waals surface area contributed by atoms with Crippen LogP contribution in [-0.4, -0.2) is 69.3 Å². The van der Waals surface area contributed by atoms with E-state index in [0.29, 0.717) is 28.9 Å². The third-order valence-electron chi connectivity index (χ3n) is 5.90. The fraction of sp³-hybridized carbons (Fsp3) is 0.458. The number of carbonyl (C=O) groups is 2. The summed E-state index contributed by atoms with van der Waals surface area (Å²) >= 11 is 1.33. The van der Waals surface area contributed by atoms with Crippen molar-refractivity contribution in [2.45, 2.75) is 25.4 Å². The van der Waals surface area contributed by atoms with E-state index < -0.39 is 29.4 Å². The minimum absolute atomic E-state index is 0.316. The highest BCUT2D eigenvalue weighted by molar-refractivity contribution is 7.13. The van der Waals surface area contributed by atoms with E-state index in [0.717, 1.165) is 12.1 Å². The molecule has 3 unspecified atom stereocenters. The number of methoxy groups -OCH3 is 2. The van der Waals surface area contributed by atoms with Gasteiger partial charge in [-0.1, -0.05) is 30.3 Å². The van der Waals surface area contributed by atoms with Gasteiger partial charge in [0.05, 0.1) is 36.8 Å². The average molecular weight is 489 g/mol. The average Bonchev–Trinajstić information content (AvgIpc) is 3.25. The zero-order chi connectivity index (χ0) is 24.9. The Balaban J connectivity index is 2.02. The lowest BCUT2D eigenvalue weighted by Crippen LogP contribution is -2.60. The van der Waals surface area contributed by atoms with E-state index >= 15 is 0 Å². The van der Waals surface area contributed by atoms with Crippen LogP contribution in [0.3, 0.4) is 0 Å². The Morgan fingerprint density at radius 1 is 1.21 bits per heavy atom. The first kappa shape index (κ1) is 25.5.